The van der Waals surface area contributed by atoms with Crippen LogP contribution in [0.25, 0.3) is 0 Å². The first-order valence-electron chi connectivity index (χ1n) is 16.6. The van der Waals surface area contributed by atoms with E-state index in [0.717, 1.165) is 47.0 Å². The largest absolute Gasteiger partial charge is 0.465 e. The van der Waals surface area contributed by atoms with E-state index in [1.807, 2.05) is 0 Å². The SMILES string of the molecule is O=C1CCSC2=C(SCCC(=O)OCC3(CO1)COC(=O)CCSC1=C(SCCC(=O)OC3)C(=O)c3ccccc3C1=O)C(=O)c1ccccc1C2=O. The van der Waals surface area contributed by atoms with E-state index < -0.39 is 55.7 Å². The second-order valence-electron chi connectivity index (χ2n) is 12.3. The molecule has 2 aliphatic heterocycles. The third-order valence-electron chi connectivity index (χ3n) is 8.44. The molecule has 16 heteroatoms. The molecular formula is C37H32O12S4. The van der Waals surface area contributed by atoms with E-state index in [1.54, 1.807) is 48.5 Å². The van der Waals surface area contributed by atoms with Crippen molar-refractivity contribution in [1.82, 2.24) is 0 Å². The van der Waals surface area contributed by atoms with Gasteiger partial charge in [0.2, 0.25) is 23.1 Å². The summed E-state index contributed by atoms with van der Waals surface area (Å²) in [6.07, 6.45) is -0.619. The zero-order chi connectivity index (χ0) is 37.5. The van der Waals surface area contributed by atoms with Crippen molar-refractivity contribution in [2.45, 2.75) is 25.7 Å². The number of allylic oxidation sites excluding steroid dienone is 4. The van der Waals surface area contributed by atoms with Crippen molar-refractivity contribution in [3.8, 4) is 0 Å². The number of ether oxygens (including phenoxy) is 4. The summed E-state index contributed by atoms with van der Waals surface area (Å²) >= 11 is 4.21. The smallest absolute Gasteiger partial charge is 0.306 e. The van der Waals surface area contributed by atoms with Gasteiger partial charge in [-0.2, -0.15) is 0 Å². The summed E-state index contributed by atoms with van der Waals surface area (Å²) in [7, 11) is 0. The molecule has 53 heavy (non-hydrogen) atoms. The number of rotatable bonds is 0. The van der Waals surface area contributed by atoms with Gasteiger partial charge in [-0.3, -0.25) is 38.4 Å². The maximum atomic E-state index is 13.4. The second-order valence-corrected chi connectivity index (χ2v) is 16.7. The Morgan fingerprint density at radius 3 is 0.830 bits per heavy atom. The average Bonchev–Trinajstić information content (AvgIpc) is 3.17. The summed E-state index contributed by atoms with van der Waals surface area (Å²) in [5.41, 5.74) is -0.422. The van der Waals surface area contributed by atoms with E-state index in [4.69, 9.17) is 18.9 Å². The molecule has 12 nitrogen and oxygen atoms in total. The minimum atomic E-state index is -1.48. The zero-order valence-electron chi connectivity index (χ0n) is 28.1. The summed E-state index contributed by atoms with van der Waals surface area (Å²) in [5, 5.41) is 0. The van der Waals surface area contributed by atoms with Crippen LogP contribution in [0, 0.1) is 5.41 Å². The lowest BCUT2D eigenvalue weighted by molar-refractivity contribution is -0.170. The molecule has 0 amide bonds. The molecule has 0 aromatic heterocycles. The van der Waals surface area contributed by atoms with Crippen LogP contribution in [0.15, 0.2) is 68.2 Å². The minimum Gasteiger partial charge on any atom is -0.465 e. The molecule has 276 valence electrons. The van der Waals surface area contributed by atoms with Gasteiger partial charge in [0, 0.05) is 45.3 Å². The summed E-state index contributed by atoms with van der Waals surface area (Å²) in [6, 6.07) is 12.9. The van der Waals surface area contributed by atoms with Crippen LogP contribution in [0.3, 0.4) is 0 Å². The Bertz CT molecular complexity index is 1690. The van der Waals surface area contributed by atoms with Crippen molar-refractivity contribution in [1.29, 1.82) is 0 Å². The molecule has 0 unspecified atom stereocenters. The Hall–Kier alpha value is -4.12. The Kier molecular flexibility index (Phi) is 12.6. The van der Waals surface area contributed by atoms with Crippen molar-refractivity contribution in [3.05, 3.63) is 90.4 Å². The molecule has 0 atom stereocenters. The van der Waals surface area contributed by atoms with Crippen LogP contribution in [0.4, 0.5) is 0 Å². The molecule has 2 heterocycles. The highest BCUT2D eigenvalue weighted by molar-refractivity contribution is 8.08. The number of benzene rings is 2. The fourth-order valence-corrected chi connectivity index (χ4v) is 10.1. The molecule has 0 saturated heterocycles. The molecular weight excluding hydrogens is 765 g/mol. The molecule has 0 bridgehead atoms. The number of Topliss-reactive ketones (excluding diaryl/α,β-unsaturated/α-hetero) is 4. The van der Waals surface area contributed by atoms with Gasteiger partial charge in [0.25, 0.3) is 0 Å². The molecule has 2 aliphatic carbocycles. The fourth-order valence-electron chi connectivity index (χ4n) is 5.60. The van der Waals surface area contributed by atoms with Crippen LogP contribution in [-0.4, -0.2) is 96.4 Å². The summed E-state index contributed by atoms with van der Waals surface area (Å²) in [6.45, 7) is -1.78. The van der Waals surface area contributed by atoms with Crippen molar-refractivity contribution in [2.75, 3.05) is 49.4 Å². The lowest BCUT2D eigenvalue weighted by Gasteiger charge is -2.31. The first-order valence-corrected chi connectivity index (χ1v) is 20.5. The number of hydrogen-bond donors (Lipinski definition) is 0. The number of carbonyl (C=O) groups excluding carboxylic acids is 8. The molecule has 0 fully saturated rings. The second kappa shape index (κ2) is 17.3. The molecule has 4 aliphatic rings. The van der Waals surface area contributed by atoms with Gasteiger partial charge in [-0.15, -0.1) is 47.0 Å². The Morgan fingerprint density at radius 1 is 0.377 bits per heavy atom. The van der Waals surface area contributed by atoms with Gasteiger partial charge in [-0.25, -0.2) is 0 Å². The number of hydrogen-bond acceptors (Lipinski definition) is 16. The highest BCUT2D eigenvalue weighted by Crippen LogP contribution is 2.40. The summed E-state index contributed by atoms with van der Waals surface area (Å²) in [4.78, 5) is 106. The number of esters is 4. The normalized spacial score (nSPS) is 21.3. The van der Waals surface area contributed by atoms with Gasteiger partial charge >= 0.3 is 23.9 Å². The highest BCUT2D eigenvalue weighted by Gasteiger charge is 2.39. The average molecular weight is 797 g/mol. The Morgan fingerprint density at radius 2 is 0.604 bits per heavy atom. The van der Waals surface area contributed by atoms with E-state index in [1.165, 1.54) is 0 Å². The monoisotopic (exact) mass is 796 g/mol. The van der Waals surface area contributed by atoms with Crippen molar-refractivity contribution in [2.24, 2.45) is 5.41 Å². The van der Waals surface area contributed by atoms with Crippen LogP contribution < -0.4 is 0 Å². The minimum absolute atomic E-state index is 0.106. The van der Waals surface area contributed by atoms with Gasteiger partial charge in [-0.1, -0.05) is 48.5 Å². The first-order chi connectivity index (χ1) is 25.6. The summed E-state index contributed by atoms with van der Waals surface area (Å²) in [5.74, 6) is -3.69. The third-order valence-corrected chi connectivity index (χ3v) is 13.0. The number of thioether (sulfide) groups is 4. The van der Waals surface area contributed by atoms with Crippen LogP contribution in [0.2, 0.25) is 0 Å². The van der Waals surface area contributed by atoms with E-state index >= 15 is 0 Å². The number of carbonyl (C=O) groups is 8. The predicted molar refractivity (Wildman–Crippen MR) is 199 cm³/mol. The Balaban J connectivity index is 1.17. The Labute approximate surface area is 320 Å². The topological polar surface area (TPSA) is 173 Å². The lowest BCUT2D eigenvalue weighted by atomic mass is 9.92. The molecule has 0 N–H and O–H groups in total. The maximum Gasteiger partial charge on any atom is 0.306 e. The highest BCUT2D eigenvalue weighted by atomic mass is 32.2. The van der Waals surface area contributed by atoms with Crippen LogP contribution in [-0.2, 0) is 38.1 Å². The van der Waals surface area contributed by atoms with E-state index in [9.17, 15) is 38.4 Å². The van der Waals surface area contributed by atoms with Crippen LogP contribution in [0.5, 0.6) is 0 Å². The zero-order valence-corrected chi connectivity index (χ0v) is 31.4. The molecule has 6 rings (SSSR count). The quantitative estimate of drug-likeness (QED) is 0.250. The number of fused-ring (bicyclic) bond motifs is 2. The molecule has 0 saturated carbocycles. The first kappa shape index (κ1) is 38.6. The van der Waals surface area contributed by atoms with Gasteiger partial charge in [0.05, 0.1) is 45.3 Å². The standard InChI is InChI=1S/C37H32O12S4/c38-25-9-13-50-33-29(42)21-5-1-2-6-22(21)30(43)34(33)51-14-10-26(39)47-18-37(17-46-25)19-48-27(40)11-15-52-35-31(44)23-7-3-4-8-24(23)32(45)36(35)53-16-12-28(41)49-20-37/h1-8H,9-20H2. The lowest BCUT2D eigenvalue weighted by Crippen LogP contribution is -2.44. The van der Waals surface area contributed by atoms with E-state index in [0.29, 0.717) is 0 Å². The van der Waals surface area contributed by atoms with Gasteiger partial charge in [-0.05, 0) is 0 Å². The van der Waals surface area contributed by atoms with E-state index in [-0.39, 0.29) is 114 Å². The van der Waals surface area contributed by atoms with Gasteiger partial charge in [0.15, 0.2) is 0 Å². The van der Waals surface area contributed by atoms with Crippen LogP contribution in [0.1, 0.15) is 67.1 Å². The van der Waals surface area contributed by atoms with Gasteiger partial charge < -0.3 is 18.9 Å². The van der Waals surface area contributed by atoms with Crippen molar-refractivity contribution in [3.63, 3.8) is 0 Å². The molecule has 0 radical (unpaired) electrons. The molecule has 2 aromatic carbocycles. The predicted octanol–water partition coefficient (Wildman–Crippen LogP) is 5.25. The summed E-state index contributed by atoms with van der Waals surface area (Å²) < 4.78 is 22.3. The third kappa shape index (κ3) is 8.99. The van der Waals surface area contributed by atoms with E-state index in [2.05, 4.69) is 0 Å². The maximum absolute atomic E-state index is 13.4. The van der Waals surface area contributed by atoms with Gasteiger partial charge in [0.1, 0.15) is 31.8 Å². The fraction of sp³-hybridized carbons (Fsp3) is 0.351. The van der Waals surface area contributed by atoms with Crippen molar-refractivity contribution < 1.29 is 57.3 Å². The number of cyclic esters (lactones) is 4. The van der Waals surface area contributed by atoms with Crippen LogP contribution >= 0.6 is 47.0 Å². The number of ketones is 4. The molecule has 1 spiro atoms. The van der Waals surface area contributed by atoms with Crippen molar-refractivity contribution >= 4 is 94.1 Å². The molecule has 2 aromatic rings.